The average Bonchev–Trinajstić information content (AvgIpc) is 2.86. The molecule has 6 nitrogen and oxygen atoms in total. The highest BCUT2D eigenvalue weighted by atomic mass is 15.1. The Kier molecular flexibility index (Phi) is 2.02. The Bertz CT molecular complexity index is 724. The normalized spacial score (nSPS) is 10.3. The van der Waals surface area contributed by atoms with Crippen LogP contribution in [0.3, 0.4) is 0 Å². The van der Waals surface area contributed by atoms with Crippen molar-refractivity contribution in [3.8, 4) is 17.5 Å². The van der Waals surface area contributed by atoms with E-state index in [1.807, 2.05) is 0 Å². The Morgan fingerprint density at radius 3 is 3.00 bits per heavy atom. The van der Waals surface area contributed by atoms with Crippen LogP contribution in [0.15, 0.2) is 30.9 Å². The van der Waals surface area contributed by atoms with Crippen LogP contribution < -0.4 is 0 Å². The van der Waals surface area contributed by atoms with E-state index in [1.165, 1.54) is 6.33 Å². The van der Waals surface area contributed by atoms with Crippen LogP contribution in [0.2, 0.25) is 0 Å². The summed E-state index contributed by atoms with van der Waals surface area (Å²) in [7, 11) is 0. The monoisotopic (exact) mass is 222 g/mol. The lowest BCUT2D eigenvalue weighted by Crippen LogP contribution is -1.93. The Morgan fingerprint density at radius 1 is 1.18 bits per heavy atom. The van der Waals surface area contributed by atoms with Gasteiger partial charge in [-0.05, 0) is 12.1 Å². The van der Waals surface area contributed by atoms with Crippen molar-refractivity contribution in [1.82, 2.24) is 25.1 Å². The predicted octanol–water partition coefficient (Wildman–Crippen LogP) is 1.29. The number of nitrogens with one attached hydrogen (secondary N) is 1. The van der Waals surface area contributed by atoms with Crippen LogP contribution in [0.25, 0.3) is 22.4 Å². The highest BCUT2D eigenvalue weighted by molar-refractivity contribution is 5.89. The molecule has 3 aromatic heterocycles. The molecule has 6 heteroatoms. The minimum absolute atomic E-state index is 0.480. The molecule has 0 aromatic carbocycles. The summed E-state index contributed by atoms with van der Waals surface area (Å²) in [6.07, 6.45) is 4.68. The van der Waals surface area contributed by atoms with E-state index >= 15 is 0 Å². The Morgan fingerprint density at radius 2 is 2.12 bits per heavy atom. The lowest BCUT2D eigenvalue weighted by atomic mass is 10.1. The van der Waals surface area contributed by atoms with E-state index in [1.54, 1.807) is 24.5 Å². The SMILES string of the molecule is N#Cc1cccnc1-c1ncnc2[nH]ncc12. The number of rotatable bonds is 1. The van der Waals surface area contributed by atoms with Crippen LogP contribution in [0.4, 0.5) is 0 Å². The summed E-state index contributed by atoms with van der Waals surface area (Å²) in [5, 5.41) is 16.5. The summed E-state index contributed by atoms with van der Waals surface area (Å²) < 4.78 is 0. The molecule has 0 aliphatic rings. The fourth-order valence-electron chi connectivity index (χ4n) is 1.64. The van der Waals surface area contributed by atoms with Crippen LogP contribution >= 0.6 is 0 Å². The molecule has 0 saturated carbocycles. The molecule has 0 saturated heterocycles. The van der Waals surface area contributed by atoms with Crippen LogP contribution in [-0.4, -0.2) is 25.1 Å². The van der Waals surface area contributed by atoms with E-state index in [4.69, 9.17) is 5.26 Å². The first-order valence-electron chi connectivity index (χ1n) is 4.89. The van der Waals surface area contributed by atoms with E-state index in [2.05, 4.69) is 31.2 Å². The van der Waals surface area contributed by atoms with Gasteiger partial charge in [0.2, 0.25) is 0 Å². The second kappa shape index (κ2) is 3.64. The van der Waals surface area contributed by atoms with Gasteiger partial charge in [-0.25, -0.2) is 9.97 Å². The van der Waals surface area contributed by atoms with Crippen molar-refractivity contribution in [3.63, 3.8) is 0 Å². The molecule has 0 spiro atoms. The van der Waals surface area contributed by atoms with Crippen molar-refractivity contribution in [2.75, 3.05) is 0 Å². The molecule has 80 valence electrons. The second-order valence-corrected chi connectivity index (χ2v) is 3.37. The van der Waals surface area contributed by atoms with Crippen molar-refractivity contribution in [1.29, 1.82) is 5.26 Å². The summed E-state index contributed by atoms with van der Waals surface area (Å²) in [6.45, 7) is 0. The molecule has 0 atom stereocenters. The number of aromatic nitrogens is 5. The fraction of sp³-hybridized carbons (Fsp3) is 0. The van der Waals surface area contributed by atoms with Gasteiger partial charge in [-0.15, -0.1) is 0 Å². The summed E-state index contributed by atoms with van der Waals surface area (Å²) in [4.78, 5) is 12.4. The Balaban J connectivity index is 2.35. The topological polar surface area (TPSA) is 91.1 Å². The average molecular weight is 222 g/mol. The molecule has 3 aromatic rings. The molecule has 0 unspecified atom stereocenters. The van der Waals surface area contributed by atoms with Crippen LogP contribution in [0, 0.1) is 11.3 Å². The third-order valence-electron chi connectivity index (χ3n) is 2.40. The van der Waals surface area contributed by atoms with Crippen molar-refractivity contribution in [3.05, 3.63) is 36.4 Å². The van der Waals surface area contributed by atoms with Gasteiger partial charge in [0, 0.05) is 6.20 Å². The molecule has 0 fully saturated rings. The van der Waals surface area contributed by atoms with E-state index in [9.17, 15) is 0 Å². The molecule has 17 heavy (non-hydrogen) atoms. The molecule has 1 N–H and O–H groups in total. The van der Waals surface area contributed by atoms with E-state index in [-0.39, 0.29) is 0 Å². The number of hydrogen-bond donors (Lipinski definition) is 1. The lowest BCUT2D eigenvalue weighted by molar-refractivity contribution is 1.09. The number of pyridine rings is 1. The van der Waals surface area contributed by atoms with Gasteiger partial charge >= 0.3 is 0 Å². The smallest absolute Gasteiger partial charge is 0.159 e. The van der Waals surface area contributed by atoms with Gasteiger partial charge in [-0.2, -0.15) is 10.4 Å². The quantitative estimate of drug-likeness (QED) is 0.669. The minimum atomic E-state index is 0.480. The zero-order valence-corrected chi connectivity index (χ0v) is 8.62. The number of aromatic amines is 1. The molecule has 3 heterocycles. The number of hydrogen-bond acceptors (Lipinski definition) is 5. The minimum Gasteiger partial charge on any atom is -0.261 e. The van der Waals surface area contributed by atoms with Gasteiger partial charge in [-0.3, -0.25) is 10.1 Å². The number of fused-ring (bicyclic) bond motifs is 1. The maximum atomic E-state index is 9.05. The van der Waals surface area contributed by atoms with Crippen LogP contribution in [0.1, 0.15) is 5.56 Å². The zero-order chi connectivity index (χ0) is 11.7. The third kappa shape index (κ3) is 1.41. The fourth-order valence-corrected chi connectivity index (χ4v) is 1.64. The summed E-state index contributed by atoms with van der Waals surface area (Å²) in [5.74, 6) is 0. The van der Waals surface area contributed by atoms with E-state index in [0.717, 1.165) is 5.39 Å². The van der Waals surface area contributed by atoms with Gasteiger partial charge < -0.3 is 0 Å². The molecule has 0 radical (unpaired) electrons. The third-order valence-corrected chi connectivity index (χ3v) is 2.40. The largest absolute Gasteiger partial charge is 0.261 e. The summed E-state index contributed by atoms with van der Waals surface area (Å²) in [5.41, 5.74) is 2.27. The van der Waals surface area contributed by atoms with Crippen LogP contribution in [0.5, 0.6) is 0 Å². The second-order valence-electron chi connectivity index (χ2n) is 3.37. The van der Waals surface area contributed by atoms with Crippen molar-refractivity contribution in [2.24, 2.45) is 0 Å². The maximum Gasteiger partial charge on any atom is 0.159 e. The zero-order valence-electron chi connectivity index (χ0n) is 8.62. The first-order valence-corrected chi connectivity index (χ1v) is 4.89. The van der Waals surface area contributed by atoms with Crippen molar-refractivity contribution < 1.29 is 0 Å². The molecule has 0 aliphatic heterocycles. The number of nitrogens with zero attached hydrogens (tertiary/aromatic N) is 5. The number of H-pyrrole nitrogens is 1. The first kappa shape index (κ1) is 9.42. The van der Waals surface area contributed by atoms with Gasteiger partial charge in [0.05, 0.1) is 17.1 Å². The molecule has 0 aliphatic carbocycles. The molecule has 3 rings (SSSR count). The van der Waals surface area contributed by atoms with Gasteiger partial charge in [0.1, 0.15) is 23.8 Å². The first-order chi connectivity index (χ1) is 8.40. The summed E-state index contributed by atoms with van der Waals surface area (Å²) in [6, 6.07) is 5.52. The van der Waals surface area contributed by atoms with Gasteiger partial charge in [0.15, 0.2) is 5.65 Å². The van der Waals surface area contributed by atoms with Crippen molar-refractivity contribution in [2.45, 2.75) is 0 Å². The van der Waals surface area contributed by atoms with Gasteiger partial charge in [-0.1, -0.05) is 0 Å². The Labute approximate surface area is 96.0 Å². The Hall–Kier alpha value is -2.81. The molecular weight excluding hydrogens is 216 g/mol. The highest BCUT2D eigenvalue weighted by Gasteiger charge is 2.12. The summed E-state index contributed by atoms with van der Waals surface area (Å²) >= 11 is 0. The highest BCUT2D eigenvalue weighted by Crippen LogP contribution is 2.24. The van der Waals surface area contributed by atoms with Crippen LogP contribution in [-0.2, 0) is 0 Å². The lowest BCUT2D eigenvalue weighted by Gasteiger charge is -2.01. The predicted molar refractivity (Wildman–Crippen MR) is 59.6 cm³/mol. The van der Waals surface area contributed by atoms with E-state index in [0.29, 0.717) is 22.6 Å². The van der Waals surface area contributed by atoms with Gasteiger partial charge in [0.25, 0.3) is 0 Å². The molecule has 0 amide bonds. The molecule has 0 bridgehead atoms. The van der Waals surface area contributed by atoms with E-state index < -0.39 is 0 Å². The number of nitriles is 1. The van der Waals surface area contributed by atoms with Crippen molar-refractivity contribution >= 4 is 11.0 Å². The standard InChI is InChI=1S/C11H6N6/c12-4-7-2-1-3-13-9(7)10-8-5-16-17-11(8)15-6-14-10/h1-3,5-6H,(H,14,15,16,17). The maximum absolute atomic E-state index is 9.05. The molecular formula is C11H6N6.